The minimum Gasteiger partial charge on any atom is -0.487 e. The van der Waals surface area contributed by atoms with Gasteiger partial charge in [0.05, 0.1) is 4.90 Å². The fourth-order valence-electron chi connectivity index (χ4n) is 5.96. The predicted octanol–water partition coefficient (Wildman–Crippen LogP) is 5.06. The van der Waals surface area contributed by atoms with Crippen LogP contribution in [0.5, 0.6) is 5.75 Å². The number of hydrogen-bond donors (Lipinski definition) is 2. The van der Waals surface area contributed by atoms with Crippen molar-refractivity contribution in [3.05, 3.63) is 45.5 Å². The molecule has 1 unspecified atom stereocenters. The summed E-state index contributed by atoms with van der Waals surface area (Å²) in [6.07, 6.45) is 5.26. The van der Waals surface area contributed by atoms with Crippen molar-refractivity contribution >= 4 is 43.2 Å². The molecule has 0 saturated carbocycles. The first-order valence-corrected chi connectivity index (χ1v) is 16.3. The molecule has 10 heteroatoms. The van der Waals surface area contributed by atoms with Gasteiger partial charge >= 0.3 is 0 Å². The lowest BCUT2D eigenvalue weighted by atomic mass is 9.88. The van der Waals surface area contributed by atoms with E-state index in [4.69, 9.17) is 10.5 Å². The van der Waals surface area contributed by atoms with Crippen molar-refractivity contribution in [2.24, 2.45) is 5.92 Å². The summed E-state index contributed by atoms with van der Waals surface area (Å²) in [6, 6.07) is 2.87. The lowest BCUT2D eigenvalue weighted by Crippen LogP contribution is -2.51. The second-order valence-corrected chi connectivity index (χ2v) is 14.9. The molecule has 0 spiro atoms. The third-order valence-electron chi connectivity index (χ3n) is 8.56. The second-order valence-electron chi connectivity index (χ2n) is 12.1. The topological polar surface area (TPSA) is 115 Å². The number of nitrogens with zero attached hydrogens (tertiary/aromatic N) is 2. The average Bonchev–Trinajstić information content (AvgIpc) is 3.30. The SMILES string of the molecule is Cc1c(C)c(S(=O)(=O)NC(Cc2cc3c(N)nccc3s2)C(=O)N2CCC(C)CC2)c(C)c2c1OC(C)(C)CC2. The Balaban J connectivity index is 1.52. The molecular weight excluding hydrogens is 544 g/mol. The number of pyridine rings is 1. The number of carbonyl (C=O) groups is 1. The first-order chi connectivity index (χ1) is 18.8. The Labute approximate surface area is 241 Å². The van der Waals surface area contributed by atoms with Crippen molar-refractivity contribution in [2.45, 2.75) is 90.2 Å². The molecule has 0 aliphatic carbocycles. The number of hydrogen-bond acceptors (Lipinski definition) is 7. The Kier molecular flexibility index (Phi) is 7.65. The van der Waals surface area contributed by atoms with Gasteiger partial charge in [-0.15, -0.1) is 11.3 Å². The van der Waals surface area contributed by atoms with Gasteiger partial charge in [0.15, 0.2) is 0 Å². The largest absolute Gasteiger partial charge is 0.487 e. The molecule has 2 aliphatic heterocycles. The maximum atomic E-state index is 14.2. The number of thiophene rings is 1. The van der Waals surface area contributed by atoms with Gasteiger partial charge in [-0.1, -0.05) is 6.92 Å². The number of nitrogens with one attached hydrogen (secondary N) is 1. The number of aromatic nitrogens is 1. The van der Waals surface area contributed by atoms with Crippen molar-refractivity contribution in [3.8, 4) is 5.75 Å². The zero-order valence-corrected chi connectivity index (χ0v) is 25.9. The van der Waals surface area contributed by atoms with Crippen molar-refractivity contribution < 1.29 is 17.9 Å². The lowest BCUT2D eigenvalue weighted by molar-refractivity contribution is -0.134. The van der Waals surface area contributed by atoms with Crippen LogP contribution < -0.4 is 15.2 Å². The van der Waals surface area contributed by atoms with E-state index in [0.717, 1.165) is 57.5 Å². The highest BCUT2D eigenvalue weighted by Gasteiger charge is 2.36. The molecule has 40 heavy (non-hydrogen) atoms. The molecule has 8 nitrogen and oxygen atoms in total. The van der Waals surface area contributed by atoms with Crippen LogP contribution in [0.4, 0.5) is 5.82 Å². The van der Waals surface area contributed by atoms with E-state index >= 15 is 0 Å². The highest BCUT2D eigenvalue weighted by molar-refractivity contribution is 7.89. The third-order valence-corrected chi connectivity index (χ3v) is 11.4. The van der Waals surface area contributed by atoms with Gasteiger partial charge in [-0.05, 0) is 101 Å². The number of piperidine rings is 1. The van der Waals surface area contributed by atoms with Crippen LogP contribution in [0.15, 0.2) is 23.2 Å². The van der Waals surface area contributed by atoms with E-state index in [1.165, 1.54) is 11.3 Å². The monoisotopic (exact) mass is 584 g/mol. The van der Waals surface area contributed by atoms with Gasteiger partial charge in [0.2, 0.25) is 15.9 Å². The molecule has 3 aromatic rings. The van der Waals surface area contributed by atoms with Crippen LogP contribution in [0.3, 0.4) is 0 Å². The van der Waals surface area contributed by atoms with Crippen molar-refractivity contribution in [2.75, 3.05) is 18.8 Å². The van der Waals surface area contributed by atoms with Gasteiger partial charge < -0.3 is 15.4 Å². The number of likely N-dealkylation sites (tertiary alicyclic amines) is 1. The fourth-order valence-corrected chi connectivity index (χ4v) is 8.84. The average molecular weight is 585 g/mol. The molecule has 2 aliphatic rings. The highest BCUT2D eigenvalue weighted by Crippen LogP contribution is 2.42. The molecule has 0 radical (unpaired) electrons. The smallest absolute Gasteiger partial charge is 0.241 e. The molecule has 0 bridgehead atoms. The minimum atomic E-state index is -4.04. The molecule has 2 aromatic heterocycles. The van der Waals surface area contributed by atoms with E-state index in [1.54, 1.807) is 6.20 Å². The Morgan fingerprint density at radius 1 is 1.23 bits per heavy atom. The summed E-state index contributed by atoms with van der Waals surface area (Å²) < 4.78 is 38.4. The molecule has 1 amide bonds. The first-order valence-electron chi connectivity index (χ1n) is 14.0. The van der Waals surface area contributed by atoms with E-state index in [1.807, 2.05) is 37.8 Å². The van der Waals surface area contributed by atoms with Gasteiger partial charge in [-0.2, -0.15) is 4.72 Å². The number of benzene rings is 1. The number of carbonyl (C=O) groups excluding carboxylic acids is 1. The summed E-state index contributed by atoms with van der Waals surface area (Å²) in [6.45, 7) is 13.2. The van der Waals surface area contributed by atoms with E-state index < -0.39 is 16.1 Å². The van der Waals surface area contributed by atoms with Crippen LogP contribution in [0.25, 0.3) is 10.1 Å². The van der Waals surface area contributed by atoms with Crippen molar-refractivity contribution in [1.82, 2.24) is 14.6 Å². The van der Waals surface area contributed by atoms with Gasteiger partial charge in [0.1, 0.15) is 23.2 Å². The zero-order chi connectivity index (χ0) is 29.0. The van der Waals surface area contributed by atoms with Crippen LogP contribution in [0.1, 0.15) is 67.2 Å². The number of ether oxygens (including phenoxy) is 1. The zero-order valence-electron chi connectivity index (χ0n) is 24.3. The van der Waals surface area contributed by atoms with E-state index in [0.29, 0.717) is 36.0 Å². The fraction of sp³-hybridized carbons (Fsp3) is 0.533. The Morgan fingerprint density at radius 3 is 2.60 bits per heavy atom. The van der Waals surface area contributed by atoms with Gasteiger partial charge in [-0.25, -0.2) is 13.4 Å². The van der Waals surface area contributed by atoms with Crippen LogP contribution in [0, 0.1) is 26.7 Å². The maximum absolute atomic E-state index is 14.2. The Bertz CT molecular complexity index is 1570. The first kappa shape index (κ1) is 28.8. The lowest BCUT2D eigenvalue weighted by Gasteiger charge is -2.36. The summed E-state index contributed by atoms with van der Waals surface area (Å²) in [7, 11) is -4.04. The number of anilines is 1. The van der Waals surface area contributed by atoms with Crippen molar-refractivity contribution in [3.63, 3.8) is 0 Å². The van der Waals surface area contributed by atoms with E-state index in [2.05, 4.69) is 30.5 Å². The summed E-state index contributed by atoms with van der Waals surface area (Å²) in [5, 5.41) is 0.822. The standard InChI is InChI=1S/C30H40N4O4S2/c1-17-9-13-34(14-10-17)29(35)24(16-21-15-23-25(39-21)8-12-32-28(23)31)33-40(36,37)27-19(3)18(2)26-22(20(27)4)7-11-30(5,6)38-26/h8,12,15,17,24,33H,7,9-11,13-14,16H2,1-6H3,(H2,31,32). The molecule has 1 fully saturated rings. The van der Waals surface area contributed by atoms with Crippen LogP contribution >= 0.6 is 11.3 Å². The molecule has 1 aromatic carbocycles. The third kappa shape index (κ3) is 5.45. The van der Waals surface area contributed by atoms with E-state index in [9.17, 15) is 13.2 Å². The molecular formula is C30H40N4O4S2. The molecule has 5 rings (SSSR count). The van der Waals surface area contributed by atoms with Crippen LogP contribution in [0.2, 0.25) is 0 Å². The maximum Gasteiger partial charge on any atom is 0.241 e. The van der Waals surface area contributed by atoms with Crippen molar-refractivity contribution in [1.29, 1.82) is 0 Å². The summed E-state index contributed by atoms with van der Waals surface area (Å²) in [5.41, 5.74) is 8.89. The molecule has 4 heterocycles. The van der Waals surface area contributed by atoms with E-state index in [-0.39, 0.29) is 22.8 Å². The van der Waals surface area contributed by atoms with Gasteiger partial charge in [0, 0.05) is 40.7 Å². The molecule has 1 saturated heterocycles. The predicted molar refractivity (Wildman–Crippen MR) is 161 cm³/mol. The number of nitrogens with two attached hydrogens (primary N) is 1. The normalized spacial score (nSPS) is 18.4. The molecule has 1 atom stereocenters. The number of fused-ring (bicyclic) bond motifs is 2. The number of nitrogen functional groups attached to an aromatic ring is 1. The summed E-state index contributed by atoms with van der Waals surface area (Å²) in [4.78, 5) is 21.0. The summed E-state index contributed by atoms with van der Waals surface area (Å²) in [5.74, 6) is 1.58. The van der Waals surface area contributed by atoms with Gasteiger partial charge in [-0.3, -0.25) is 4.79 Å². The number of sulfonamides is 1. The number of rotatable bonds is 6. The Morgan fingerprint density at radius 2 is 1.93 bits per heavy atom. The minimum absolute atomic E-state index is 0.186. The Hall–Kier alpha value is -2.69. The van der Waals surface area contributed by atoms with Crippen LogP contribution in [-0.4, -0.2) is 48.9 Å². The second kappa shape index (κ2) is 10.6. The quantitative estimate of drug-likeness (QED) is 0.419. The molecule has 216 valence electrons. The number of amides is 1. The van der Waals surface area contributed by atoms with Gasteiger partial charge in [0.25, 0.3) is 0 Å². The van der Waals surface area contributed by atoms with Crippen LogP contribution in [-0.2, 0) is 27.7 Å². The molecule has 3 N–H and O–H groups in total. The highest BCUT2D eigenvalue weighted by atomic mass is 32.2. The summed E-state index contributed by atoms with van der Waals surface area (Å²) >= 11 is 1.51.